The first kappa shape index (κ1) is 15.5. The molecule has 0 radical (unpaired) electrons. The first-order valence-corrected chi connectivity index (χ1v) is 4.56. The molecule has 0 saturated carbocycles. The molecule has 16 heavy (non-hydrogen) atoms. The minimum atomic E-state index is -4.34. The number of rotatable bonds is 5. The van der Waals surface area contributed by atoms with Gasteiger partial charge in [0.15, 0.2) is 0 Å². The molecule has 0 fully saturated rings. The Bertz CT molecular complexity index is 200. The molecule has 0 amide bonds. The van der Waals surface area contributed by atoms with Crippen molar-refractivity contribution in [2.45, 2.75) is 25.3 Å². The van der Waals surface area contributed by atoms with Crippen LogP contribution in [0.2, 0.25) is 0 Å². The lowest BCUT2D eigenvalue weighted by molar-refractivity contribution is -0.147. The third kappa shape index (κ3) is 8.78. The van der Waals surface area contributed by atoms with Gasteiger partial charge in [0.25, 0.3) is 0 Å². The molecule has 0 saturated heterocycles. The summed E-state index contributed by atoms with van der Waals surface area (Å²) in [6.45, 7) is -1.06. The molecule has 98 valence electrons. The third-order valence-corrected chi connectivity index (χ3v) is 1.95. The Hall–Kier alpha value is -0.500. The summed E-state index contributed by atoms with van der Waals surface area (Å²) in [7, 11) is 1.22. The van der Waals surface area contributed by atoms with Crippen molar-refractivity contribution < 1.29 is 26.3 Å². The van der Waals surface area contributed by atoms with Crippen LogP contribution in [0.5, 0.6) is 0 Å². The van der Waals surface area contributed by atoms with Gasteiger partial charge < -0.3 is 5.32 Å². The summed E-state index contributed by atoms with van der Waals surface area (Å²) in [4.78, 5) is 0.948. The normalized spacial score (nSPS) is 15.6. The summed E-state index contributed by atoms with van der Waals surface area (Å²) in [5, 5.41) is 2.06. The van der Waals surface area contributed by atoms with Crippen molar-refractivity contribution in [3.8, 4) is 0 Å². The first-order chi connectivity index (χ1) is 7.01. The standard InChI is InChI=1S/C8H14F6N2/c1-6(3-15-4-7(9,10)11)16(2)5-8(12,13)14/h6,15H,3-5H2,1-2H3. The quantitative estimate of drug-likeness (QED) is 0.753. The van der Waals surface area contributed by atoms with E-state index in [0.29, 0.717) is 0 Å². The van der Waals surface area contributed by atoms with Crippen molar-refractivity contribution in [2.24, 2.45) is 0 Å². The minimum absolute atomic E-state index is 0.147. The van der Waals surface area contributed by atoms with Crippen LogP contribution in [0.25, 0.3) is 0 Å². The molecule has 2 nitrogen and oxygen atoms in total. The van der Waals surface area contributed by atoms with Crippen LogP contribution in [0.15, 0.2) is 0 Å². The number of alkyl halides is 6. The van der Waals surface area contributed by atoms with Crippen molar-refractivity contribution in [3.05, 3.63) is 0 Å². The SMILES string of the molecule is CC(CNCC(F)(F)F)N(C)CC(F)(F)F. The molecule has 0 rings (SSSR count). The summed E-state index contributed by atoms with van der Waals surface area (Å²) in [6.07, 6.45) is -8.69. The second-order valence-corrected chi connectivity index (χ2v) is 3.63. The lowest BCUT2D eigenvalue weighted by Gasteiger charge is -2.26. The van der Waals surface area contributed by atoms with Gasteiger partial charge in [-0.3, -0.25) is 4.90 Å². The zero-order valence-corrected chi connectivity index (χ0v) is 8.91. The van der Waals surface area contributed by atoms with Gasteiger partial charge >= 0.3 is 12.4 Å². The van der Waals surface area contributed by atoms with E-state index in [1.54, 1.807) is 0 Å². The van der Waals surface area contributed by atoms with E-state index >= 15 is 0 Å². The van der Waals surface area contributed by atoms with E-state index in [2.05, 4.69) is 5.32 Å². The lowest BCUT2D eigenvalue weighted by atomic mass is 10.3. The molecular weight excluding hydrogens is 238 g/mol. The Morgan fingerprint density at radius 1 is 1.06 bits per heavy atom. The Labute approximate surface area is 89.6 Å². The van der Waals surface area contributed by atoms with E-state index in [1.165, 1.54) is 14.0 Å². The molecule has 0 aliphatic heterocycles. The van der Waals surface area contributed by atoms with Crippen molar-refractivity contribution in [3.63, 3.8) is 0 Å². The highest BCUT2D eigenvalue weighted by Crippen LogP contribution is 2.17. The molecule has 1 atom stereocenters. The smallest absolute Gasteiger partial charge is 0.307 e. The highest BCUT2D eigenvalue weighted by Gasteiger charge is 2.31. The largest absolute Gasteiger partial charge is 0.401 e. The highest BCUT2D eigenvalue weighted by atomic mass is 19.4. The van der Waals surface area contributed by atoms with Crippen molar-refractivity contribution in [1.82, 2.24) is 10.2 Å². The van der Waals surface area contributed by atoms with Crippen molar-refractivity contribution in [2.75, 3.05) is 26.7 Å². The molecule has 1 unspecified atom stereocenters. The molecule has 0 aliphatic carbocycles. The Morgan fingerprint density at radius 3 is 1.94 bits per heavy atom. The van der Waals surface area contributed by atoms with Gasteiger partial charge in [-0.15, -0.1) is 0 Å². The van der Waals surface area contributed by atoms with E-state index in [9.17, 15) is 26.3 Å². The zero-order chi connectivity index (χ0) is 13.0. The van der Waals surface area contributed by atoms with Crippen LogP contribution in [0, 0.1) is 0 Å². The fourth-order valence-corrected chi connectivity index (χ4v) is 1.02. The molecule has 0 aromatic rings. The van der Waals surface area contributed by atoms with Crippen LogP contribution in [-0.2, 0) is 0 Å². The summed E-state index contributed by atoms with van der Waals surface area (Å²) in [5.74, 6) is 0. The molecular formula is C8H14F6N2. The topological polar surface area (TPSA) is 15.3 Å². The first-order valence-electron chi connectivity index (χ1n) is 4.56. The maximum atomic E-state index is 11.9. The van der Waals surface area contributed by atoms with E-state index in [0.717, 1.165) is 4.90 Å². The van der Waals surface area contributed by atoms with E-state index < -0.39 is 31.5 Å². The monoisotopic (exact) mass is 252 g/mol. The average Bonchev–Trinajstić information content (AvgIpc) is 1.98. The molecule has 8 heteroatoms. The predicted octanol–water partition coefficient (Wildman–Crippen LogP) is 2.02. The Balaban J connectivity index is 3.84. The highest BCUT2D eigenvalue weighted by molar-refractivity contribution is 4.70. The van der Waals surface area contributed by atoms with E-state index in [4.69, 9.17) is 0 Å². The van der Waals surface area contributed by atoms with Crippen LogP contribution in [0.1, 0.15) is 6.92 Å². The van der Waals surface area contributed by atoms with E-state index in [1.807, 2.05) is 0 Å². The number of nitrogens with one attached hydrogen (secondary N) is 1. The minimum Gasteiger partial charge on any atom is -0.307 e. The average molecular weight is 252 g/mol. The second-order valence-electron chi connectivity index (χ2n) is 3.63. The second kappa shape index (κ2) is 5.72. The van der Waals surface area contributed by atoms with Gasteiger partial charge in [-0.2, -0.15) is 26.3 Å². The molecule has 0 aliphatic rings. The number of nitrogens with zero attached hydrogens (tertiary/aromatic N) is 1. The van der Waals surface area contributed by atoms with Gasteiger partial charge in [0.2, 0.25) is 0 Å². The summed E-state index contributed by atoms with van der Waals surface area (Å²) >= 11 is 0. The fraction of sp³-hybridized carbons (Fsp3) is 1.00. The number of hydrogen-bond acceptors (Lipinski definition) is 2. The van der Waals surface area contributed by atoms with Gasteiger partial charge in [0, 0.05) is 12.6 Å². The zero-order valence-electron chi connectivity index (χ0n) is 8.91. The van der Waals surface area contributed by atoms with Crippen LogP contribution in [0.4, 0.5) is 26.3 Å². The van der Waals surface area contributed by atoms with E-state index in [-0.39, 0.29) is 6.54 Å². The van der Waals surface area contributed by atoms with Gasteiger partial charge in [0.1, 0.15) is 0 Å². The van der Waals surface area contributed by atoms with Gasteiger partial charge in [-0.1, -0.05) is 0 Å². The molecule has 1 N–H and O–H groups in total. The van der Waals surface area contributed by atoms with Crippen molar-refractivity contribution >= 4 is 0 Å². The molecule has 0 spiro atoms. The van der Waals surface area contributed by atoms with Gasteiger partial charge in [-0.25, -0.2) is 0 Å². The predicted molar refractivity (Wildman–Crippen MR) is 47.1 cm³/mol. The van der Waals surface area contributed by atoms with Gasteiger partial charge in [0.05, 0.1) is 13.1 Å². The lowest BCUT2D eigenvalue weighted by Crippen LogP contribution is -2.44. The summed E-state index contributed by atoms with van der Waals surface area (Å²) in [6, 6.07) is -0.621. The summed E-state index contributed by atoms with van der Waals surface area (Å²) in [5.41, 5.74) is 0. The molecule has 0 bridgehead atoms. The fourth-order valence-electron chi connectivity index (χ4n) is 1.02. The van der Waals surface area contributed by atoms with Crippen LogP contribution < -0.4 is 5.32 Å². The van der Waals surface area contributed by atoms with Crippen LogP contribution >= 0.6 is 0 Å². The molecule has 0 aromatic carbocycles. The maximum absolute atomic E-state index is 11.9. The van der Waals surface area contributed by atoms with Crippen LogP contribution in [-0.4, -0.2) is 50.0 Å². The summed E-state index contributed by atoms with van der Waals surface area (Å²) < 4.78 is 71.0. The third-order valence-electron chi connectivity index (χ3n) is 1.95. The molecule has 0 aromatic heterocycles. The van der Waals surface area contributed by atoms with Gasteiger partial charge in [-0.05, 0) is 14.0 Å². The number of likely N-dealkylation sites (N-methyl/N-ethyl adjacent to an activating group) is 1. The molecule has 0 heterocycles. The number of hydrogen-bond donors (Lipinski definition) is 1. The maximum Gasteiger partial charge on any atom is 0.401 e. The Kier molecular flexibility index (Phi) is 5.54. The Morgan fingerprint density at radius 2 is 1.56 bits per heavy atom. The van der Waals surface area contributed by atoms with Crippen molar-refractivity contribution in [1.29, 1.82) is 0 Å². The number of halogens is 6. The van der Waals surface area contributed by atoms with Crippen LogP contribution in [0.3, 0.4) is 0 Å².